The zero-order valence-corrected chi connectivity index (χ0v) is 15.0. The molecule has 1 aliphatic rings. The fourth-order valence-electron chi connectivity index (χ4n) is 2.22. The quantitative estimate of drug-likeness (QED) is 0.408. The van der Waals surface area contributed by atoms with Crippen LogP contribution in [0.4, 0.5) is 29.3 Å². The number of nitro benzene ring substituents is 1. The summed E-state index contributed by atoms with van der Waals surface area (Å²) in [5.41, 5.74) is -2.64. The zero-order valence-electron chi connectivity index (χ0n) is 14.2. The molecule has 0 saturated carbocycles. The Labute approximate surface area is 160 Å². The Kier molecular flexibility index (Phi) is 6.83. The van der Waals surface area contributed by atoms with Crippen molar-refractivity contribution in [2.45, 2.75) is 12.6 Å². The molecule has 1 saturated heterocycles. The van der Waals surface area contributed by atoms with Gasteiger partial charge in [-0.2, -0.15) is 13.2 Å². The van der Waals surface area contributed by atoms with Gasteiger partial charge in [0.25, 0.3) is 16.8 Å². The number of hydrogen-bond acceptors (Lipinski definition) is 7. The van der Waals surface area contributed by atoms with Crippen molar-refractivity contribution in [2.24, 2.45) is 0 Å². The number of nitro groups is 1. The van der Waals surface area contributed by atoms with Gasteiger partial charge >= 0.3 is 12.1 Å². The summed E-state index contributed by atoms with van der Waals surface area (Å²) in [6.45, 7) is -0.134. The van der Waals surface area contributed by atoms with Gasteiger partial charge in [0.05, 0.1) is 16.9 Å². The van der Waals surface area contributed by atoms with Crippen molar-refractivity contribution in [1.29, 1.82) is 0 Å². The van der Waals surface area contributed by atoms with Crippen molar-refractivity contribution in [1.82, 2.24) is 4.90 Å². The molecule has 0 aromatic heterocycles. The maximum absolute atomic E-state index is 12.7. The van der Waals surface area contributed by atoms with Crippen LogP contribution in [0.15, 0.2) is 18.2 Å². The Morgan fingerprint density at radius 2 is 2.07 bits per heavy atom. The number of halogens is 3. The Morgan fingerprint density at radius 3 is 2.64 bits per heavy atom. The summed E-state index contributed by atoms with van der Waals surface area (Å²) in [4.78, 5) is 46.1. The number of carbonyl (C=O) groups is 3. The van der Waals surface area contributed by atoms with Crippen molar-refractivity contribution in [3.05, 3.63) is 33.9 Å². The number of nitrogens with one attached hydrogen (secondary N) is 1. The summed E-state index contributed by atoms with van der Waals surface area (Å²) >= 11 is 1.13. The lowest BCUT2D eigenvalue weighted by Crippen LogP contribution is -2.28. The molecule has 0 unspecified atom stereocenters. The molecule has 9 nitrogen and oxygen atoms in total. The Balaban J connectivity index is 1.89. The second-order valence-electron chi connectivity index (χ2n) is 5.55. The van der Waals surface area contributed by atoms with Crippen molar-refractivity contribution < 1.29 is 37.2 Å². The molecule has 28 heavy (non-hydrogen) atoms. The van der Waals surface area contributed by atoms with Crippen LogP contribution in [0, 0.1) is 10.1 Å². The minimum absolute atomic E-state index is 0.136. The van der Waals surface area contributed by atoms with E-state index in [4.69, 9.17) is 4.74 Å². The topological polar surface area (TPSA) is 119 Å². The molecule has 13 heteroatoms. The van der Waals surface area contributed by atoms with E-state index in [1.54, 1.807) is 0 Å². The Hall–Kier alpha value is -2.83. The van der Waals surface area contributed by atoms with Gasteiger partial charge in [0.1, 0.15) is 5.69 Å². The summed E-state index contributed by atoms with van der Waals surface area (Å²) in [6.07, 6.45) is -4.92. The molecule has 1 aromatic carbocycles. The van der Waals surface area contributed by atoms with Crippen LogP contribution >= 0.6 is 11.8 Å². The lowest BCUT2D eigenvalue weighted by Gasteiger charge is -2.13. The van der Waals surface area contributed by atoms with E-state index in [9.17, 15) is 37.7 Å². The summed E-state index contributed by atoms with van der Waals surface area (Å²) in [5.74, 6) is -1.09. The van der Waals surface area contributed by atoms with E-state index >= 15 is 0 Å². The van der Waals surface area contributed by atoms with Crippen LogP contribution in [0.3, 0.4) is 0 Å². The number of amides is 2. The van der Waals surface area contributed by atoms with Crippen LogP contribution in [0.25, 0.3) is 0 Å². The molecule has 152 valence electrons. The van der Waals surface area contributed by atoms with Crippen molar-refractivity contribution in [3.63, 3.8) is 0 Å². The zero-order chi connectivity index (χ0) is 20.9. The van der Waals surface area contributed by atoms with Crippen molar-refractivity contribution in [2.75, 3.05) is 30.8 Å². The number of alkyl halides is 3. The first-order valence-corrected chi connectivity index (χ1v) is 8.79. The van der Waals surface area contributed by atoms with Crippen LogP contribution < -0.4 is 5.32 Å². The van der Waals surface area contributed by atoms with Gasteiger partial charge in [-0.1, -0.05) is 11.8 Å². The predicted molar refractivity (Wildman–Crippen MR) is 91.7 cm³/mol. The van der Waals surface area contributed by atoms with E-state index in [1.165, 1.54) is 4.90 Å². The average molecular weight is 421 g/mol. The minimum Gasteiger partial charge on any atom is -0.456 e. The Bertz CT molecular complexity index is 802. The summed E-state index contributed by atoms with van der Waals surface area (Å²) in [7, 11) is 0. The van der Waals surface area contributed by atoms with Crippen LogP contribution in [0.5, 0.6) is 0 Å². The number of nitrogens with zero attached hydrogens (tertiary/aromatic N) is 2. The summed E-state index contributed by atoms with van der Waals surface area (Å²) in [6, 6.07) is 1.63. The Morgan fingerprint density at radius 1 is 1.36 bits per heavy atom. The lowest BCUT2D eigenvalue weighted by molar-refractivity contribution is -0.384. The third-order valence-electron chi connectivity index (χ3n) is 3.59. The summed E-state index contributed by atoms with van der Waals surface area (Å²) in [5, 5.41) is 12.8. The fourth-order valence-corrected chi connectivity index (χ4v) is 3.08. The van der Waals surface area contributed by atoms with Gasteiger partial charge in [-0.3, -0.25) is 24.5 Å². The number of carbonyl (C=O) groups excluding carboxylic acids is 3. The predicted octanol–water partition coefficient (Wildman–Crippen LogP) is 2.65. The second-order valence-corrected chi connectivity index (χ2v) is 6.59. The number of thioether (sulfide) groups is 1. The number of esters is 1. The number of ether oxygens (including phenoxy) is 1. The largest absolute Gasteiger partial charge is 0.456 e. The molecule has 1 aliphatic heterocycles. The van der Waals surface area contributed by atoms with Gasteiger partial charge in [-0.25, -0.2) is 0 Å². The molecule has 1 fully saturated rings. The molecule has 0 spiro atoms. The van der Waals surface area contributed by atoms with Gasteiger partial charge in [-0.05, 0) is 12.1 Å². The van der Waals surface area contributed by atoms with E-state index in [-0.39, 0.29) is 18.2 Å². The first-order chi connectivity index (χ1) is 13.1. The molecular formula is C15H14F3N3O6S. The van der Waals surface area contributed by atoms with E-state index in [1.807, 2.05) is 5.32 Å². The van der Waals surface area contributed by atoms with E-state index in [0.717, 1.165) is 17.8 Å². The van der Waals surface area contributed by atoms with Crippen LogP contribution in [-0.2, 0) is 20.5 Å². The lowest BCUT2D eigenvalue weighted by atomic mass is 10.1. The molecule has 0 bridgehead atoms. The standard InChI is InChI=1S/C15H14F3N3O6S/c16-15(17,18)9-1-2-10(11(7-9)21(25)26)19-12(22)8-27-13(23)3-4-20-5-6-28-14(20)24/h1-2,7H,3-6,8H2,(H,19,22). The minimum atomic E-state index is -4.78. The molecule has 0 aliphatic carbocycles. The highest BCUT2D eigenvalue weighted by Gasteiger charge is 2.33. The molecule has 0 radical (unpaired) electrons. The maximum atomic E-state index is 12.7. The molecular weight excluding hydrogens is 407 g/mol. The van der Waals surface area contributed by atoms with Crippen molar-refractivity contribution in [3.8, 4) is 0 Å². The first kappa shape index (κ1) is 21.5. The van der Waals surface area contributed by atoms with Crippen LogP contribution in [0.2, 0.25) is 0 Å². The highest BCUT2D eigenvalue weighted by Crippen LogP contribution is 2.34. The number of hydrogen-bond donors (Lipinski definition) is 1. The van der Waals surface area contributed by atoms with Crippen molar-refractivity contribution >= 4 is 40.3 Å². The average Bonchev–Trinajstić information content (AvgIpc) is 3.02. The van der Waals surface area contributed by atoms with E-state index in [0.29, 0.717) is 24.4 Å². The number of benzene rings is 1. The maximum Gasteiger partial charge on any atom is 0.416 e. The second kappa shape index (κ2) is 8.91. The number of rotatable bonds is 7. The normalized spacial score (nSPS) is 14.1. The highest BCUT2D eigenvalue weighted by atomic mass is 32.2. The molecule has 0 atom stereocenters. The fraction of sp³-hybridized carbons (Fsp3) is 0.400. The van der Waals surface area contributed by atoms with Gasteiger partial charge in [0.2, 0.25) is 0 Å². The molecule has 1 aromatic rings. The van der Waals surface area contributed by atoms with E-state index in [2.05, 4.69) is 0 Å². The molecule has 1 heterocycles. The summed E-state index contributed by atoms with van der Waals surface area (Å²) < 4.78 is 42.7. The number of anilines is 1. The van der Waals surface area contributed by atoms with Crippen LogP contribution in [-0.4, -0.2) is 52.4 Å². The van der Waals surface area contributed by atoms with Gasteiger partial charge in [0.15, 0.2) is 6.61 Å². The van der Waals surface area contributed by atoms with Crippen LogP contribution in [0.1, 0.15) is 12.0 Å². The van der Waals surface area contributed by atoms with Gasteiger partial charge < -0.3 is 15.0 Å². The third-order valence-corrected chi connectivity index (χ3v) is 4.48. The molecule has 1 N–H and O–H groups in total. The molecule has 2 amide bonds. The molecule has 2 rings (SSSR count). The van der Waals surface area contributed by atoms with Gasteiger partial charge in [-0.15, -0.1) is 0 Å². The van der Waals surface area contributed by atoms with Gasteiger partial charge in [0, 0.05) is 24.9 Å². The first-order valence-electron chi connectivity index (χ1n) is 7.80. The third kappa shape index (κ3) is 5.84. The van der Waals surface area contributed by atoms with E-state index < -0.39 is 46.5 Å². The monoisotopic (exact) mass is 421 g/mol. The smallest absolute Gasteiger partial charge is 0.416 e. The highest BCUT2D eigenvalue weighted by molar-refractivity contribution is 8.13. The SMILES string of the molecule is O=C(COC(=O)CCN1CCSC1=O)Nc1ccc(C(F)(F)F)cc1[N+](=O)[O-].